The fraction of sp³-hybridized carbons (Fsp3) is 0.577. The lowest BCUT2D eigenvalue weighted by Crippen LogP contribution is -2.38. The Morgan fingerprint density at radius 2 is 1.77 bits per heavy atom. The number of ether oxygens (including phenoxy) is 1. The first-order chi connectivity index (χ1) is 16.6. The molecule has 0 radical (unpaired) electrons. The van der Waals surface area contributed by atoms with Gasteiger partial charge in [0.05, 0.1) is 23.1 Å². The highest BCUT2D eigenvalue weighted by molar-refractivity contribution is 5.73. The molecule has 1 aromatic heterocycles. The van der Waals surface area contributed by atoms with Crippen molar-refractivity contribution in [3.8, 4) is 17.0 Å². The predicted molar refractivity (Wildman–Crippen MR) is 124 cm³/mol. The molecule has 2 saturated carbocycles. The van der Waals surface area contributed by atoms with Gasteiger partial charge in [0.15, 0.2) is 5.75 Å². The number of aliphatic hydroxyl groups excluding tert-OH is 1. The van der Waals surface area contributed by atoms with Crippen LogP contribution in [-0.2, 0) is 12.7 Å². The number of nitrogens with zero attached hydrogens (tertiary/aromatic N) is 1. The third-order valence-electron chi connectivity index (χ3n) is 7.31. The highest BCUT2D eigenvalue weighted by Gasteiger charge is 2.33. The molecular weight excluding hydrogens is 464 g/mol. The summed E-state index contributed by atoms with van der Waals surface area (Å²) in [5.41, 5.74) is -0.511. The van der Waals surface area contributed by atoms with Gasteiger partial charge in [-0.25, -0.2) is 9.18 Å². The second kappa shape index (κ2) is 10.6. The summed E-state index contributed by atoms with van der Waals surface area (Å²) in [6.45, 7) is 1.97. The molecule has 1 aromatic carbocycles. The lowest BCUT2D eigenvalue weighted by atomic mass is 9.86. The Bertz CT molecular complexity index is 1040. The molecule has 0 spiro atoms. The lowest BCUT2D eigenvalue weighted by Gasteiger charge is -2.29. The Morgan fingerprint density at radius 1 is 1.09 bits per heavy atom. The number of hydrogen-bond donors (Lipinski definition) is 2. The van der Waals surface area contributed by atoms with Crippen LogP contribution in [0.5, 0.6) is 5.75 Å². The zero-order valence-electron chi connectivity index (χ0n) is 19.8. The quantitative estimate of drug-likeness (QED) is 0.459. The smallest absolute Gasteiger partial charge is 0.408 e. The SMILES string of the molecule is Cc1c(OC(=O)NC2CCCCC2)cc(-c2cc(C(F)(F)F)ccc2F)n1CC1CCCCC1O. The number of nitrogens with one attached hydrogen (secondary N) is 1. The number of carbonyl (C=O) groups excluding carboxylic acids is 1. The second-order valence-corrected chi connectivity index (χ2v) is 9.76. The van der Waals surface area contributed by atoms with Crippen molar-refractivity contribution >= 4 is 6.09 Å². The van der Waals surface area contributed by atoms with E-state index in [0.29, 0.717) is 18.2 Å². The van der Waals surface area contributed by atoms with Gasteiger partial charge < -0.3 is 19.7 Å². The average molecular weight is 497 g/mol. The minimum absolute atomic E-state index is 0.0245. The number of benzene rings is 1. The molecule has 2 aromatic rings. The molecule has 2 aliphatic carbocycles. The minimum Gasteiger partial charge on any atom is -0.408 e. The molecule has 4 rings (SSSR count). The van der Waals surface area contributed by atoms with E-state index >= 15 is 0 Å². The first-order valence-electron chi connectivity index (χ1n) is 12.4. The number of aliphatic hydroxyl groups is 1. The van der Waals surface area contributed by atoms with Gasteiger partial charge in [-0.15, -0.1) is 0 Å². The third-order valence-corrected chi connectivity index (χ3v) is 7.31. The second-order valence-electron chi connectivity index (χ2n) is 9.76. The zero-order valence-corrected chi connectivity index (χ0v) is 19.8. The van der Waals surface area contributed by atoms with Crippen LogP contribution in [0.15, 0.2) is 24.3 Å². The van der Waals surface area contributed by atoms with Crippen molar-refractivity contribution in [1.29, 1.82) is 0 Å². The molecule has 35 heavy (non-hydrogen) atoms. The highest BCUT2D eigenvalue weighted by atomic mass is 19.4. The molecule has 2 unspecified atom stereocenters. The van der Waals surface area contributed by atoms with Crippen LogP contribution >= 0.6 is 0 Å². The van der Waals surface area contributed by atoms with Crippen LogP contribution < -0.4 is 10.1 Å². The van der Waals surface area contributed by atoms with Crippen LogP contribution in [0.4, 0.5) is 22.4 Å². The molecule has 2 fully saturated rings. The van der Waals surface area contributed by atoms with Crippen molar-refractivity contribution in [2.24, 2.45) is 5.92 Å². The number of halogens is 4. The summed E-state index contributed by atoms with van der Waals surface area (Å²) in [4.78, 5) is 12.6. The van der Waals surface area contributed by atoms with E-state index in [0.717, 1.165) is 63.5 Å². The van der Waals surface area contributed by atoms with Gasteiger partial charge >= 0.3 is 12.3 Å². The van der Waals surface area contributed by atoms with Crippen molar-refractivity contribution in [2.45, 2.75) is 89.6 Å². The van der Waals surface area contributed by atoms with Crippen molar-refractivity contribution in [3.05, 3.63) is 41.3 Å². The van der Waals surface area contributed by atoms with E-state index in [9.17, 15) is 27.5 Å². The molecule has 0 bridgehead atoms. The first kappa shape index (κ1) is 25.5. The maximum Gasteiger partial charge on any atom is 0.416 e. The summed E-state index contributed by atoms with van der Waals surface area (Å²) in [6, 6.07) is 3.74. The predicted octanol–water partition coefficient (Wildman–Crippen LogP) is 6.59. The molecular formula is C26H32F4N2O3. The molecule has 9 heteroatoms. The summed E-state index contributed by atoms with van der Waals surface area (Å²) in [7, 11) is 0. The van der Waals surface area contributed by atoms with Crippen LogP contribution in [0, 0.1) is 18.7 Å². The number of amides is 1. The molecule has 1 heterocycles. The summed E-state index contributed by atoms with van der Waals surface area (Å²) in [5, 5.41) is 13.3. The Hall–Kier alpha value is -2.55. The van der Waals surface area contributed by atoms with Crippen molar-refractivity contribution in [2.75, 3.05) is 0 Å². The molecule has 1 amide bonds. The van der Waals surface area contributed by atoms with E-state index in [-0.39, 0.29) is 35.5 Å². The number of hydrogen-bond acceptors (Lipinski definition) is 3. The molecule has 2 atom stereocenters. The zero-order chi connectivity index (χ0) is 25.2. The standard InChI is InChI=1S/C26H32F4N2O3/c1-16-24(35-25(34)31-19-8-3-2-4-9-19)14-22(32(16)15-17-7-5-6-10-23(17)33)20-13-18(26(28,29)30)11-12-21(20)27/h11-14,17,19,23,33H,2-10,15H2,1H3,(H,31,34). The minimum atomic E-state index is -4.63. The van der Waals surface area contributed by atoms with Crippen LogP contribution in [-0.4, -0.2) is 27.9 Å². The van der Waals surface area contributed by atoms with E-state index in [1.165, 1.54) is 6.07 Å². The molecule has 2 aliphatic rings. The van der Waals surface area contributed by atoms with Crippen molar-refractivity contribution in [1.82, 2.24) is 9.88 Å². The summed E-state index contributed by atoms with van der Waals surface area (Å²) in [6.07, 6.45) is 2.36. The Kier molecular flexibility index (Phi) is 7.73. The van der Waals surface area contributed by atoms with Crippen LogP contribution in [0.25, 0.3) is 11.3 Å². The van der Waals surface area contributed by atoms with Crippen molar-refractivity contribution in [3.63, 3.8) is 0 Å². The van der Waals surface area contributed by atoms with Gasteiger partial charge in [0, 0.05) is 30.1 Å². The molecule has 0 aliphatic heterocycles. The van der Waals surface area contributed by atoms with Gasteiger partial charge in [-0.1, -0.05) is 32.1 Å². The van der Waals surface area contributed by atoms with E-state index in [4.69, 9.17) is 4.74 Å². The molecule has 192 valence electrons. The largest absolute Gasteiger partial charge is 0.416 e. The van der Waals surface area contributed by atoms with E-state index in [2.05, 4.69) is 5.32 Å². The monoisotopic (exact) mass is 496 g/mol. The third kappa shape index (κ3) is 6.00. The highest BCUT2D eigenvalue weighted by Crippen LogP contribution is 2.38. The van der Waals surface area contributed by atoms with Gasteiger partial charge in [0.1, 0.15) is 5.82 Å². The molecule has 5 nitrogen and oxygen atoms in total. The fourth-order valence-electron chi connectivity index (χ4n) is 5.26. The summed E-state index contributed by atoms with van der Waals surface area (Å²) < 4.78 is 62.2. The normalized spacial score (nSPS) is 21.7. The van der Waals surface area contributed by atoms with Gasteiger partial charge in [-0.2, -0.15) is 13.2 Å². The van der Waals surface area contributed by atoms with Gasteiger partial charge in [-0.05, 0) is 50.8 Å². The summed E-state index contributed by atoms with van der Waals surface area (Å²) in [5.74, 6) is -0.777. The fourth-order valence-corrected chi connectivity index (χ4v) is 5.26. The first-order valence-corrected chi connectivity index (χ1v) is 12.4. The number of alkyl halides is 3. The maximum absolute atomic E-state index is 14.8. The number of aromatic nitrogens is 1. The van der Waals surface area contributed by atoms with Crippen LogP contribution in [0.2, 0.25) is 0 Å². The Labute approximate surface area is 202 Å². The lowest BCUT2D eigenvalue weighted by molar-refractivity contribution is -0.137. The van der Waals surface area contributed by atoms with E-state index < -0.39 is 29.8 Å². The van der Waals surface area contributed by atoms with Gasteiger partial charge in [0.2, 0.25) is 0 Å². The average Bonchev–Trinajstić information content (AvgIpc) is 3.10. The number of carbonyl (C=O) groups is 1. The van der Waals surface area contributed by atoms with Crippen LogP contribution in [0.3, 0.4) is 0 Å². The van der Waals surface area contributed by atoms with E-state index in [1.54, 1.807) is 11.5 Å². The maximum atomic E-state index is 14.8. The van der Waals surface area contributed by atoms with Gasteiger partial charge in [-0.3, -0.25) is 0 Å². The Morgan fingerprint density at radius 3 is 2.46 bits per heavy atom. The molecule has 0 saturated heterocycles. The van der Waals surface area contributed by atoms with Crippen LogP contribution in [0.1, 0.15) is 69.0 Å². The number of rotatable bonds is 5. The topological polar surface area (TPSA) is 63.5 Å². The van der Waals surface area contributed by atoms with Gasteiger partial charge in [0.25, 0.3) is 0 Å². The van der Waals surface area contributed by atoms with Crippen molar-refractivity contribution < 1.29 is 32.2 Å². The molecule has 2 N–H and O–H groups in total. The van der Waals surface area contributed by atoms with E-state index in [1.807, 2.05) is 0 Å². The summed E-state index contributed by atoms with van der Waals surface area (Å²) >= 11 is 0. The Balaban J connectivity index is 1.68.